The van der Waals surface area contributed by atoms with Crippen molar-refractivity contribution in [2.75, 3.05) is 16.4 Å². The monoisotopic (exact) mass is 370 g/mol. The van der Waals surface area contributed by atoms with Gasteiger partial charge < -0.3 is 10.6 Å². The zero-order valence-corrected chi connectivity index (χ0v) is 15.4. The molecule has 2 aromatic carbocycles. The molecule has 1 fully saturated rings. The van der Waals surface area contributed by atoms with Crippen LogP contribution in [0.15, 0.2) is 32.7 Å². The van der Waals surface area contributed by atoms with Gasteiger partial charge in [0.1, 0.15) is 0 Å². The summed E-state index contributed by atoms with van der Waals surface area (Å²) in [7, 11) is 0. The van der Waals surface area contributed by atoms with Gasteiger partial charge in [-0.1, -0.05) is 38.2 Å². The molecule has 1 saturated carbocycles. The molecule has 136 valence electrons. The molecule has 5 nitrogen and oxygen atoms in total. The van der Waals surface area contributed by atoms with E-state index in [1.165, 1.54) is 31.0 Å². The number of fused-ring (bicyclic) bond motifs is 1. The summed E-state index contributed by atoms with van der Waals surface area (Å²) in [5.74, 6) is 0.353. The number of amides is 1. The number of nitrogens with one attached hydrogen (secondary N) is 2. The summed E-state index contributed by atoms with van der Waals surface area (Å²) < 4.78 is 0. The number of anilines is 2. The van der Waals surface area contributed by atoms with Crippen molar-refractivity contribution in [1.29, 1.82) is 0 Å². The summed E-state index contributed by atoms with van der Waals surface area (Å²) in [4.78, 5) is 36.8. The van der Waals surface area contributed by atoms with Crippen LogP contribution in [0.1, 0.15) is 44.9 Å². The third-order valence-electron chi connectivity index (χ3n) is 5.27. The maximum Gasteiger partial charge on any atom is 0.250 e. The molecule has 2 aliphatic rings. The van der Waals surface area contributed by atoms with Crippen LogP contribution in [0.2, 0.25) is 0 Å². The Morgan fingerprint density at radius 1 is 0.962 bits per heavy atom. The third kappa shape index (κ3) is 3.30. The van der Waals surface area contributed by atoms with Gasteiger partial charge >= 0.3 is 0 Å². The second kappa shape index (κ2) is 7.27. The Bertz CT molecular complexity index is 906. The Kier molecular flexibility index (Phi) is 4.85. The smallest absolute Gasteiger partial charge is 0.250 e. The standard InChI is InChI=1S/C20H22N2O3S/c23-16-11-26-15-10-12(8-9-14(15)22-16)17-18(20(25)19(17)24)21-13-6-4-2-1-3-5-7-13/h8-10,13,21H,1-7,11H2,(H,22,23). The highest BCUT2D eigenvalue weighted by Gasteiger charge is 2.26. The molecule has 0 spiro atoms. The van der Waals surface area contributed by atoms with Gasteiger partial charge in [0.25, 0.3) is 0 Å². The van der Waals surface area contributed by atoms with Gasteiger partial charge in [0, 0.05) is 10.9 Å². The maximum atomic E-state index is 12.2. The molecular formula is C20H22N2O3S. The molecule has 1 aliphatic heterocycles. The molecule has 0 saturated heterocycles. The molecule has 1 heterocycles. The van der Waals surface area contributed by atoms with E-state index in [0.29, 0.717) is 17.0 Å². The van der Waals surface area contributed by atoms with Crippen molar-refractivity contribution in [2.24, 2.45) is 0 Å². The van der Waals surface area contributed by atoms with Crippen LogP contribution in [-0.4, -0.2) is 17.7 Å². The largest absolute Gasteiger partial charge is 0.378 e. The van der Waals surface area contributed by atoms with Crippen LogP contribution < -0.4 is 21.5 Å². The molecule has 26 heavy (non-hydrogen) atoms. The summed E-state index contributed by atoms with van der Waals surface area (Å²) in [5.41, 5.74) is 1.68. The van der Waals surface area contributed by atoms with E-state index in [-0.39, 0.29) is 11.9 Å². The fraction of sp³-hybridized carbons (Fsp3) is 0.450. The summed E-state index contributed by atoms with van der Waals surface area (Å²) in [5, 5.41) is 6.20. The lowest BCUT2D eigenvalue weighted by atomic mass is 9.94. The molecule has 0 bridgehead atoms. The van der Waals surface area contributed by atoms with Gasteiger partial charge in [-0.3, -0.25) is 14.4 Å². The van der Waals surface area contributed by atoms with E-state index in [4.69, 9.17) is 0 Å². The number of carbonyl (C=O) groups is 1. The Labute approximate surface area is 156 Å². The first kappa shape index (κ1) is 17.3. The molecule has 1 amide bonds. The summed E-state index contributed by atoms with van der Waals surface area (Å²) >= 11 is 1.46. The lowest BCUT2D eigenvalue weighted by Crippen LogP contribution is -2.39. The van der Waals surface area contributed by atoms with Gasteiger partial charge in [0.2, 0.25) is 16.8 Å². The lowest BCUT2D eigenvalue weighted by molar-refractivity contribution is -0.113. The first-order chi connectivity index (χ1) is 12.6. The fourth-order valence-electron chi connectivity index (χ4n) is 3.84. The van der Waals surface area contributed by atoms with Crippen LogP contribution in [0.3, 0.4) is 0 Å². The van der Waals surface area contributed by atoms with Gasteiger partial charge in [0.15, 0.2) is 0 Å². The van der Waals surface area contributed by atoms with E-state index in [9.17, 15) is 14.4 Å². The van der Waals surface area contributed by atoms with Crippen molar-refractivity contribution in [2.45, 2.75) is 55.9 Å². The van der Waals surface area contributed by atoms with E-state index in [2.05, 4.69) is 10.6 Å². The average molecular weight is 370 g/mol. The van der Waals surface area contributed by atoms with E-state index in [0.717, 1.165) is 41.8 Å². The van der Waals surface area contributed by atoms with Crippen LogP contribution in [0.4, 0.5) is 11.4 Å². The number of benzene rings is 1. The van der Waals surface area contributed by atoms with Crippen LogP contribution in [0.25, 0.3) is 11.1 Å². The summed E-state index contributed by atoms with van der Waals surface area (Å²) in [6.07, 6.45) is 8.20. The van der Waals surface area contributed by atoms with Crippen LogP contribution in [-0.2, 0) is 4.79 Å². The quantitative estimate of drug-likeness (QED) is 0.809. The van der Waals surface area contributed by atoms with E-state index in [1.807, 2.05) is 18.2 Å². The Morgan fingerprint density at radius 3 is 2.46 bits per heavy atom. The zero-order chi connectivity index (χ0) is 18.1. The van der Waals surface area contributed by atoms with Crippen molar-refractivity contribution in [3.63, 3.8) is 0 Å². The number of rotatable bonds is 3. The van der Waals surface area contributed by atoms with Crippen molar-refractivity contribution in [3.05, 3.63) is 38.6 Å². The van der Waals surface area contributed by atoms with Crippen molar-refractivity contribution >= 4 is 29.0 Å². The predicted octanol–water partition coefficient (Wildman–Crippen LogP) is 3.52. The Balaban J connectivity index is 1.60. The molecule has 2 N–H and O–H groups in total. The zero-order valence-electron chi connectivity index (χ0n) is 14.6. The summed E-state index contributed by atoms with van der Waals surface area (Å²) in [6.45, 7) is 0. The first-order valence-electron chi connectivity index (χ1n) is 9.30. The van der Waals surface area contributed by atoms with Gasteiger partial charge in [-0.2, -0.15) is 0 Å². The maximum absolute atomic E-state index is 12.2. The van der Waals surface area contributed by atoms with Gasteiger partial charge in [-0.25, -0.2) is 0 Å². The first-order valence-corrected chi connectivity index (χ1v) is 10.3. The lowest BCUT2D eigenvalue weighted by Gasteiger charge is -2.24. The van der Waals surface area contributed by atoms with Crippen LogP contribution in [0, 0.1) is 0 Å². The molecule has 0 atom stereocenters. The normalized spacial score (nSPS) is 18.7. The molecule has 0 unspecified atom stereocenters. The number of carbonyl (C=O) groups excluding carboxylic acids is 1. The average Bonchev–Trinajstić information content (AvgIpc) is 2.62. The number of hydrogen-bond donors (Lipinski definition) is 2. The Morgan fingerprint density at radius 2 is 1.69 bits per heavy atom. The topological polar surface area (TPSA) is 75.3 Å². The van der Waals surface area contributed by atoms with Gasteiger partial charge in [-0.05, 0) is 30.5 Å². The van der Waals surface area contributed by atoms with E-state index in [1.54, 1.807) is 0 Å². The fourth-order valence-corrected chi connectivity index (χ4v) is 4.68. The molecule has 0 aromatic heterocycles. The molecule has 4 rings (SSSR count). The second-order valence-electron chi connectivity index (χ2n) is 7.14. The minimum Gasteiger partial charge on any atom is -0.378 e. The van der Waals surface area contributed by atoms with E-state index < -0.39 is 10.9 Å². The Hall–Kier alpha value is -2.08. The molecule has 6 heteroatoms. The second-order valence-corrected chi connectivity index (χ2v) is 8.16. The van der Waals surface area contributed by atoms with E-state index >= 15 is 0 Å². The molecule has 2 aromatic rings. The highest BCUT2D eigenvalue weighted by Crippen LogP contribution is 2.36. The van der Waals surface area contributed by atoms with Crippen LogP contribution in [0.5, 0.6) is 0 Å². The van der Waals surface area contributed by atoms with Gasteiger partial charge in [-0.15, -0.1) is 11.8 Å². The highest BCUT2D eigenvalue weighted by molar-refractivity contribution is 8.00. The minimum absolute atomic E-state index is 0.0176. The van der Waals surface area contributed by atoms with Crippen molar-refractivity contribution in [3.8, 4) is 11.1 Å². The minimum atomic E-state index is -0.414. The summed E-state index contributed by atoms with van der Waals surface area (Å²) in [6, 6.07) is 5.79. The van der Waals surface area contributed by atoms with Crippen LogP contribution >= 0.6 is 11.8 Å². The SMILES string of the molecule is O=C1CSc2cc(-c3c(NC4CCCCCCC4)c(=O)c3=O)ccc2N1. The molecular weight excluding hydrogens is 348 g/mol. The molecule has 1 aliphatic carbocycles. The number of hydrogen-bond acceptors (Lipinski definition) is 5. The van der Waals surface area contributed by atoms with Crippen molar-refractivity contribution < 1.29 is 4.79 Å². The third-order valence-corrected chi connectivity index (χ3v) is 6.32. The predicted molar refractivity (Wildman–Crippen MR) is 106 cm³/mol. The van der Waals surface area contributed by atoms with Gasteiger partial charge in [0.05, 0.1) is 22.7 Å². The molecule has 0 radical (unpaired) electrons. The number of thioether (sulfide) groups is 1. The van der Waals surface area contributed by atoms with Crippen molar-refractivity contribution in [1.82, 2.24) is 0 Å². The highest BCUT2D eigenvalue weighted by atomic mass is 32.2.